The Kier molecular flexibility index (Phi) is 7.46. The van der Waals surface area contributed by atoms with Gasteiger partial charge in [0.2, 0.25) is 0 Å². The molecule has 0 unspecified atom stereocenters. The summed E-state index contributed by atoms with van der Waals surface area (Å²) in [7, 11) is -0.0338. The third kappa shape index (κ3) is 5.18. The second-order valence-electron chi connectivity index (χ2n) is 8.65. The lowest BCUT2D eigenvalue weighted by Crippen LogP contribution is -2.47. The maximum absolute atomic E-state index is 12.0. The summed E-state index contributed by atoms with van der Waals surface area (Å²) >= 11 is 0. The molecule has 0 heterocycles. The molecule has 0 saturated carbocycles. The molecule has 1 aliphatic rings. The van der Waals surface area contributed by atoms with Gasteiger partial charge >= 0.3 is 0 Å². The first-order valence-corrected chi connectivity index (χ1v) is 13.8. The van der Waals surface area contributed by atoms with Gasteiger partial charge in [-0.3, -0.25) is 0 Å². The first-order valence-electron chi connectivity index (χ1n) is 10.5. The summed E-state index contributed by atoms with van der Waals surface area (Å²) in [6.45, 7) is 9.19. The second kappa shape index (κ2) is 10.1. The van der Waals surface area contributed by atoms with Crippen LogP contribution in [0.25, 0.3) is 0 Å². The van der Waals surface area contributed by atoms with E-state index >= 15 is 0 Å². The minimum absolute atomic E-state index is 0.0149. The molecule has 0 fully saturated rings. The van der Waals surface area contributed by atoms with E-state index in [0.29, 0.717) is 6.61 Å². The fourth-order valence-corrected chi connectivity index (χ4v) is 7.22. The molecule has 2 aromatic rings. The van der Waals surface area contributed by atoms with Crippen molar-refractivity contribution in [3.63, 3.8) is 0 Å². The molecule has 4 heteroatoms. The average molecular weight is 421 g/mol. The van der Waals surface area contributed by atoms with Gasteiger partial charge in [-0.2, -0.15) is 0 Å². The maximum atomic E-state index is 12.0. The molecule has 0 N–H and O–H groups in total. The molecule has 0 aromatic heterocycles. The van der Waals surface area contributed by atoms with Crippen molar-refractivity contribution in [1.82, 2.24) is 0 Å². The molecule has 0 saturated heterocycles. The number of benzene rings is 2. The van der Waals surface area contributed by atoms with Crippen LogP contribution in [-0.2, 0) is 16.1 Å². The Morgan fingerprint density at radius 2 is 1.73 bits per heavy atom. The monoisotopic (exact) mass is 420 g/mol. The molecule has 2 aromatic carbocycles. The van der Waals surface area contributed by atoms with Crippen molar-refractivity contribution in [2.75, 3.05) is 7.11 Å². The van der Waals surface area contributed by atoms with Crippen LogP contribution in [0.5, 0.6) is 5.75 Å². The zero-order chi connectivity index (χ0) is 21.6. The van der Waals surface area contributed by atoms with E-state index in [2.05, 4.69) is 62.2 Å². The average Bonchev–Trinajstić information content (AvgIpc) is 2.78. The van der Waals surface area contributed by atoms with Crippen LogP contribution in [0.1, 0.15) is 5.56 Å². The molecule has 30 heavy (non-hydrogen) atoms. The van der Waals surface area contributed by atoms with Gasteiger partial charge in [-0.25, -0.2) is 0 Å². The highest BCUT2D eigenvalue weighted by molar-refractivity contribution is 6.89. The topological polar surface area (TPSA) is 35.5 Å². The van der Waals surface area contributed by atoms with Gasteiger partial charge in [0.05, 0.1) is 33.8 Å². The van der Waals surface area contributed by atoms with Gasteiger partial charge in [-0.1, -0.05) is 79.0 Å². The van der Waals surface area contributed by atoms with Crippen molar-refractivity contribution in [3.05, 3.63) is 85.0 Å². The maximum Gasteiger partial charge on any atom is 0.126 e. The van der Waals surface area contributed by atoms with Crippen molar-refractivity contribution in [1.29, 1.82) is 0 Å². The smallest absolute Gasteiger partial charge is 0.126 e. The Labute approximate surface area is 181 Å². The zero-order valence-corrected chi connectivity index (χ0v) is 19.2. The quantitative estimate of drug-likeness (QED) is 0.325. The van der Waals surface area contributed by atoms with Crippen LogP contribution in [0.3, 0.4) is 0 Å². The Balaban J connectivity index is 1.81. The molecular formula is C26H32O3Si. The van der Waals surface area contributed by atoms with E-state index in [1.54, 1.807) is 7.11 Å². The molecule has 0 spiro atoms. The number of hydrogen-bond acceptors (Lipinski definition) is 3. The Morgan fingerprint density at radius 3 is 2.33 bits per heavy atom. The molecule has 3 nitrogen and oxygen atoms in total. The molecule has 3 rings (SSSR count). The summed E-state index contributed by atoms with van der Waals surface area (Å²) in [5.41, 5.74) is 1.07. The molecule has 0 radical (unpaired) electrons. The lowest BCUT2D eigenvalue weighted by molar-refractivity contribution is -0.120. The van der Waals surface area contributed by atoms with E-state index < -0.39 is 8.07 Å². The number of carbonyl (C=O) groups excluding carboxylic acids is 1. The number of allylic oxidation sites excluding steroid dienone is 2. The summed E-state index contributed by atoms with van der Waals surface area (Å²) < 4.78 is 11.7. The van der Waals surface area contributed by atoms with Crippen LogP contribution in [0.2, 0.25) is 19.1 Å². The van der Waals surface area contributed by atoms with Gasteiger partial charge in [-0.05, 0) is 23.7 Å². The third-order valence-corrected chi connectivity index (χ3v) is 9.55. The van der Waals surface area contributed by atoms with Gasteiger partial charge in [0.15, 0.2) is 0 Å². The van der Waals surface area contributed by atoms with Crippen molar-refractivity contribution in [2.45, 2.75) is 31.8 Å². The normalized spacial score (nSPS) is 23.7. The summed E-state index contributed by atoms with van der Waals surface area (Å²) in [5.74, 6) is 0.833. The lowest BCUT2D eigenvalue weighted by atomic mass is 9.78. The second-order valence-corrected chi connectivity index (χ2v) is 13.4. The first-order chi connectivity index (χ1) is 14.5. The predicted octanol–water partition coefficient (Wildman–Crippen LogP) is 5.00. The summed E-state index contributed by atoms with van der Waals surface area (Å²) in [4.78, 5) is 12.0. The van der Waals surface area contributed by atoms with Crippen LogP contribution < -0.4 is 9.92 Å². The minimum Gasteiger partial charge on any atom is -0.497 e. The minimum atomic E-state index is -1.69. The highest BCUT2D eigenvalue weighted by Crippen LogP contribution is 2.36. The third-order valence-electron chi connectivity index (χ3n) is 6.16. The Bertz CT molecular complexity index is 858. The van der Waals surface area contributed by atoms with Crippen molar-refractivity contribution >= 4 is 19.5 Å². The van der Waals surface area contributed by atoms with Crippen molar-refractivity contribution < 1.29 is 14.3 Å². The van der Waals surface area contributed by atoms with E-state index in [0.717, 1.165) is 23.6 Å². The highest BCUT2D eigenvalue weighted by Gasteiger charge is 2.39. The summed E-state index contributed by atoms with van der Waals surface area (Å²) in [5, 5.41) is 1.43. The number of rotatable bonds is 9. The highest BCUT2D eigenvalue weighted by atomic mass is 28.3. The van der Waals surface area contributed by atoms with Crippen LogP contribution in [0, 0.1) is 17.8 Å². The lowest BCUT2D eigenvalue weighted by Gasteiger charge is -2.39. The molecule has 158 valence electrons. The number of methoxy groups -OCH3 is 1. The molecule has 4 atom stereocenters. The van der Waals surface area contributed by atoms with E-state index in [4.69, 9.17) is 9.47 Å². The van der Waals surface area contributed by atoms with E-state index in [-0.39, 0.29) is 23.9 Å². The van der Waals surface area contributed by atoms with Crippen LogP contribution in [-0.4, -0.2) is 27.6 Å². The largest absolute Gasteiger partial charge is 0.497 e. The van der Waals surface area contributed by atoms with Gasteiger partial charge in [-0.15, -0.1) is 6.58 Å². The number of aldehydes is 1. The van der Waals surface area contributed by atoms with E-state index in [9.17, 15) is 4.79 Å². The first kappa shape index (κ1) is 22.3. The predicted molar refractivity (Wildman–Crippen MR) is 126 cm³/mol. The van der Waals surface area contributed by atoms with Gasteiger partial charge in [0.1, 0.15) is 12.0 Å². The fraction of sp³-hybridized carbons (Fsp3) is 0.346. The SMILES string of the molecule is C=C[C@H]1C=C[C@H](C[Si](C)(C)c2ccccc2)[C@@H](OCc2ccc(OC)cc2)[C@H]1C=O. The van der Waals surface area contributed by atoms with Gasteiger partial charge < -0.3 is 14.3 Å². The van der Waals surface area contributed by atoms with Crippen LogP contribution in [0.4, 0.5) is 0 Å². The van der Waals surface area contributed by atoms with Crippen LogP contribution in [0.15, 0.2) is 79.4 Å². The van der Waals surface area contributed by atoms with E-state index in [1.807, 2.05) is 30.3 Å². The van der Waals surface area contributed by atoms with E-state index in [1.165, 1.54) is 5.19 Å². The summed E-state index contributed by atoms with van der Waals surface area (Å²) in [6.07, 6.45) is 7.14. The number of carbonyl (C=O) groups is 1. The molecular weight excluding hydrogens is 388 g/mol. The number of hydrogen-bond donors (Lipinski definition) is 0. The Morgan fingerprint density at radius 1 is 1.03 bits per heavy atom. The Hall–Kier alpha value is -2.43. The van der Waals surface area contributed by atoms with Gasteiger partial charge in [0.25, 0.3) is 0 Å². The molecule has 1 aliphatic carbocycles. The summed E-state index contributed by atoms with van der Waals surface area (Å²) in [6, 6.07) is 19.7. The molecule has 0 aliphatic heterocycles. The fourth-order valence-electron chi connectivity index (χ4n) is 4.35. The zero-order valence-electron chi connectivity index (χ0n) is 18.2. The van der Waals surface area contributed by atoms with Crippen molar-refractivity contribution in [3.8, 4) is 5.75 Å². The number of ether oxygens (including phenoxy) is 2. The van der Waals surface area contributed by atoms with Gasteiger partial charge in [0, 0.05) is 11.8 Å². The molecule has 0 bridgehead atoms. The molecule has 0 amide bonds. The van der Waals surface area contributed by atoms with Crippen LogP contribution >= 0.6 is 0 Å². The van der Waals surface area contributed by atoms with Crippen molar-refractivity contribution in [2.24, 2.45) is 17.8 Å². The standard InChI is InChI=1S/C26H32O3Si/c1-5-21-13-14-22(19-30(3,4)24-9-7-6-8-10-24)26(25(21)17-27)29-18-20-11-15-23(28-2)16-12-20/h5-17,21-22,25-26H,1,18-19H2,2-4H3/t21-,22+,25-,26+/m0/s1.